The zero-order valence-electron chi connectivity index (χ0n) is 7.99. The summed E-state index contributed by atoms with van der Waals surface area (Å²) in [6.45, 7) is 2.62. The number of nitrogens with two attached hydrogens (primary N) is 1. The fourth-order valence-electron chi connectivity index (χ4n) is 1.14. The molecule has 76 valence electrons. The molecule has 4 heteroatoms. The van der Waals surface area contributed by atoms with Gasteiger partial charge < -0.3 is 15.6 Å². The molecule has 0 aliphatic heterocycles. The number of rotatable bonds is 4. The molecule has 1 rings (SSSR count). The van der Waals surface area contributed by atoms with Gasteiger partial charge in [-0.15, -0.1) is 0 Å². The van der Waals surface area contributed by atoms with Gasteiger partial charge in [0.1, 0.15) is 12.4 Å². The lowest BCUT2D eigenvalue weighted by atomic mass is 10.1. The largest absolute Gasteiger partial charge is 0.492 e. The Morgan fingerprint density at radius 2 is 2.29 bits per heavy atom. The van der Waals surface area contributed by atoms with E-state index in [0.717, 1.165) is 0 Å². The van der Waals surface area contributed by atoms with Crippen LogP contribution in [0.15, 0.2) is 18.2 Å². The van der Waals surface area contributed by atoms with Crippen molar-refractivity contribution in [2.24, 2.45) is 5.73 Å². The molecule has 1 aromatic rings. The molecule has 0 saturated heterocycles. The molecule has 3 N–H and O–H groups in total. The molecule has 0 amide bonds. The molecule has 0 fully saturated rings. The highest BCUT2D eigenvalue weighted by atomic mass is 16.5. The summed E-state index contributed by atoms with van der Waals surface area (Å²) in [5, 5.41) is 8.77. The van der Waals surface area contributed by atoms with Gasteiger partial charge >= 0.3 is 5.97 Å². The second-order valence-electron chi connectivity index (χ2n) is 2.92. The van der Waals surface area contributed by atoms with Crippen molar-refractivity contribution in [2.45, 2.75) is 6.92 Å². The van der Waals surface area contributed by atoms with Crippen LogP contribution in [-0.2, 0) is 0 Å². The molecular formula is C10H13NO3. The van der Waals surface area contributed by atoms with Gasteiger partial charge in [-0.05, 0) is 30.7 Å². The average molecular weight is 195 g/mol. The second kappa shape index (κ2) is 4.62. The zero-order valence-corrected chi connectivity index (χ0v) is 7.99. The minimum atomic E-state index is -0.923. The molecule has 0 atom stereocenters. The van der Waals surface area contributed by atoms with E-state index in [1.807, 2.05) is 0 Å². The summed E-state index contributed by atoms with van der Waals surface area (Å²) in [6, 6.07) is 4.86. The van der Waals surface area contributed by atoms with Crippen LogP contribution in [-0.4, -0.2) is 24.2 Å². The van der Waals surface area contributed by atoms with Crippen molar-refractivity contribution in [3.63, 3.8) is 0 Å². The number of hydrogen-bond donors (Lipinski definition) is 2. The summed E-state index contributed by atoms with van der Waals surface area (Å²) in [5.74, 6) is -0.272. The quantitative estimate of drug-likeness (QED) is 0.752. The van der Waals surface area contributed by atoms with E-state index in [0.29, 0.717) is 30.0 Å². The van der Waals surface area contributed by atoms with Crippen LogP contribution in [0.1, 0.15) is 15.9 Å². The second-order valence-corrected chi connectivity index (χ2v) is 2.92. The highest BCUT2D eigenvalue weighted by Gasteiger charge is 2.06. The Morgan fingerprint density at radius 3 is 2.79 bits per heavy atom. The normalized spacial score (nSPS) is 9.86. The number of carbonyl (C=O) groups is 1. The van der Waals surface area contributed by atoms with Crippen molar-refractivity contribution in [2.75, 3.05) is 13.2 Å². The highest BCUT2D eigenvalue weighted by Crippen LogP contribution is 2.16. The fraction of sp³-hybridized carbons (Fsp3) is 0.300. The number of aromatic carboxylic acids is 1. The number of carboxylic acids is 1. The summed E-state index contributed by atoms with van der Waals surface area (Å²) in [5.41, 5.74) is 6.26. The van der Waals surface area contributed by atoms with Crippen LogP contribution < -0.4 is 10.5 Å². The Balaban J connectivity index is 2.83. The van der Waals surface area contributed by atoms with E-state index < -0.39 is 5.97 Å². The molecule has 0 heterocycles. The molecule has 0 aromatic heterocycles. The Morgan fingerprint density at radius 1 is 1.57 bits per heavy atom. The first-order chi connectivity index (χ1) is 6.65. The van der Waals surface area contributed by atoms with Crippen molar-refractivity contribution in [3.8, 4) is 5.75 Å². The predicted octanol–water partition coefficient (Wildman–Crippen LogP) is 1.03. The Bertz CT molecular complexity index is 336. The molecule has 0 saturated carbocycles. The summed E-state index contributed by atoms with van der Waals surface area (Å²) < 4.78 is 5.25. The van der Waals surface area contributed by atoms with Gasteiger partial charge in [-0.25, -0.2) is 4.79 Å². The van der Waals surface area contributed by atoms with Gasteiger partial charge in [0.05, 0.1) is 5.56 Å². The maximum Gasteiger partial charge on any atom is 0.335 e. The molecule has 4 nitrogen and oxygen atoms in total. The van der Waals surface area contributed by atoms with Crippen molar-refractivity contribution < 1.29 is 14.6 Å². The van der Waals surface area contributed by atoms with Crippen LogP contribution in [0, 0.1) is 6.92 Å². The van der Waals surface area contributed by atoms with Crippen LogP contribution >= 0.6 is 0 Å². The molecule has 1 aromatic carbocycles. The maximum absolute atomic E-state index is 10.7. The maximum atomic E-state index is 10.7. The minimum Gasteiger partial charge on any atom is -0.492 e. The van der Waals surface area contributed by atoms with Gasteiger partial charge in [0.2, 0.25) is 0 Å². The van der Waals surface area contributed by atoms with Crippen LogP contribution in [0.25, 0.3) is 0 Å². The van der Waals surface area contributed by atoms with Crippen LogP contribution in [0.4, 0.5) is 0 Å². The third-order valence-electron chi connectivity index (χ3n) is 1.81. The number of benzene rings is 1. The molecule has 14 heavy (non-hydrogen) atoms. The lowest BCUT2D eigenvalue weighted by molar-refractivity contribution is 0.0696. The fourth-order valence-corrected chi connectivity index (χ4v) is 1.14. The first-order valence-corrected chi connectivity index (χ1v) is 4.32. The van der Waals surface area contributed by atoms with E-state index in [1.54, 1.807) is 19.1 Å². The molecular weight excluding hydrogens is 182 g/mol. The lowest BCUT2D eigenvalue weighted by Gasteiger charge is -2.06. The summed E-state index contributed by atoms with van der Waals surface area (Å²) in [7, 11) is 0. The van der Waals surface area contributed by atoms with E-state index in [2.05, 4.69) is 0 Å². The van der Waals surface area contributed by atoms with Crippen LogP contribution in [0.3, 0.4) is 0 Å². The predicted molar refractivity (Wildman–Crippen MR) is 52.7 cm³/mol. The van der Waals surface area contributed by atoms with Gasteiger partial charge in [-0.3, -0.25) is 0 Å². The SMILES string of the molecule is Cc1cc(OCCN)ccc1C(=O)O. The third-order valence-corrected chi connectivity index (χ3v) is 1.81. The number of aryl methyl sites for hydroxylation is 1. The minimum absolute atomic E-state index is 0.296. The molecule has 0 aliphatic rings. The third kappa shape index (κ3) is 2.47. The van der Waals surface area contributed by atoms with E-state index in [-0.39, 0.29) is 0 Å². The van der Waals surface area contributed by atoms with Gasteiger partial charge in [-0.2, -0.15) is 0 Å². The van der Waals surface area contributed by atoms with Gasteiger partial charge in [-0.1, -0.05) is 0 Å². The Hall–Kier alpha value is -1.55. The van der Waals surface area contributed by atoms with E-state index in [4.69, 9.17) is 15.6 Å². The van der Waals surface area contributed by atoms with E-state index >= 15 is 0 Å². The number of carboxylic acid groups (broad SMARTS) is 1. The van der Waals surface area contributed by atoms with Crippen molar-refractivity contribution in [1.29, 1.82) is 0 Å². The summed E-state index contributed by atoms with van der Waals surface area (Å²) >= 11 is 0. The highest BCUT2D eigenvalue weighted by molar-refractivity contribution is 5.89. The van der Waals surface area contributed by atoms with Crippen molar-refractivity contribution in [3.05, 3.63) is 29.3 Å². The molecule has 0 radical (unpaired) electrons. The van der Waals surface area contributed by atoms with Crippen LogP contribution in [0.2, 0.25) is 0 Å². The van der Waals surface area contributed by atoms with Crippen molar-refractivity contribution >= 4 is 5.97 Å². The first kappa shape index (κ1) is 10.5. The Kier molecular flexibility index (Phi) is 3.48. The van der Waals surface area contributed by atoms with Gasteiger partial charge in [0.15, 0.2) is 0 Å². The van der Waals surface area contributed by atoms with Gasteiger partial charge in [0.25, 0.3) is 0 Å². The first-order valence-electron chi connectivity index (χ1n) is 4.32. The number of hydrogen-bond acceptors (Lipinski definition) is 3. The topological polar surface area (TPSA) is 72.5 Å². The average Bonchev–Trinajstić information content (AvgIpc) is 2.14. The number of ether oxygens (including phenoxy) is 1. The summed E-state index contributed by atoms with van der Waals surface area (Å²) in [6.07, 6.45) is 0. The standard InChI is InChI=1S/C10H13NO3/c1-7-6-8(14-5-4-11)2-3-9(7)10(12)13/h2-3,6H,4-5,11H2,1H3,(H,12,13). The zero-order chi connectivity index (χ0) is 10.6. The summed E-state index contributed by atoms with van der Waals surface area (Å²) in [4.78, 5) is 10.7. The molecule has 0 unspecified atom stereocenters. The van der Waals surface area contributed by atoms with E-state index in [9.17, 15) is 4.79 Å². The smallest absolute Gasteiger partial charge is 0.335 e. The monoisotopic (exact) mass is 195 g/mol. The lowest BCUT2D eigenvalue weighted by Crippen LogP contribution is -2.11. The van der Waals surface area contributed by atoms with Gasteiger partial charge in [0, 0.05) is 6.54 Å². The molecule has 0 aliphatic carbocycles. The van der Waals surface area contributed by atoms with E-state index in [1.165, 1.54) is 6.07 Å². The molecule has 0 spiro atoms. The molecule has 0 bridgehead atoms. The van der Waals surface area contributed by atoms with Crippen molar-refractivity contribution in [1.82, 2.24) is 0 Å². The Labute approximate surface area is 82.3 Å². The van der Waals surface area contributed by atoms with Crippen LogP contribution in [0.5, 0.6) is 5.75 Å².